The Morgan fingerprint density at radius 2 is 0.800 bits per heavy atom. The Morgan fingerprint density at radius 1 is 0.400 bits per heavy atom. The number of aryl methyl sites for hydroxylation is 1. The van der Waals surface area contributed by atoms with Crippen LogP contribution in [0.4, 0.5) is 51.2 Å². The van der Waals surface area contributed by atoms with Gasteiger partial charge in [0.05, 0.1) is 5.69 Å². The SMILES string of the molecule is Cc1cc2c3c(c1)N(c1ccc(C(C)(C)C)cc1)c1c(sc4ccc(C(C)(C)C)cc14)B3c1ccc(N(c3ccc(C(C)(C)C)cc3)c3ccc(C(C)(C)C)cc3)cc1N2c1ccc(C(C)(C)C)cc1. The van der Waals surface area contributed by atoms with Crippen molar-refractivity contribution in [2.45, 2.75) is 138 Å². The Balaban J connectivity index is 1.26. The Bertz CT molecular complexity index is 3210. The zero-order valence-electron chi connectivity index (χ0n) is 44.7. The second kappa shape index (κ2) is 16.5. The van der Waals surface area contributed by atoms with Gasteiger partial charge in [0.25, 0.3) is 6.71 Å². The summed E-state index contributed by atoms with van der Waals surface area (Å²) in [5.41, 5.74) is 21.5. The van der Waals surface area contributed by atoms with Crippen LogP contribution in [-0.2, 0) is 27.1 Å². The normalized spacial score (nSPS) is 13.9. The van der Waals surface area contributed by atoms with Crippen LogP contribution in [0.2, 0.25) is 0 Å². The summed E-state index contributed by atoms with van der Waals surface area (Å²) in [6.07, 6.45) is 0. The number of nitrogens with zero attached hydrogens (tertiary/aromatic N) is 3. The van der Waals surface area contributed by atoms with Crippen LogP contribution in [0.15, 0.2) is 146 Å². The van der Waals surface area contributed by atoms with Gasteiger partial charge in [0, 0.05) is 60.4 Å². The molecule has 0 unspecified atom stereocenters. The summed E-state index contributed by atoms with van der Waals surface area (Å²) >= 11 is 1.97. The van der Waals surface area contributed by atoms with E-state index in [1.165, 1.54) is 87.6 Å². The highest BCUT2D eigenvalue weighted by Gasteiger charge is 2.46. The van der Waals surface area contributed by atoms with Crippen LogP contribution in [0.1, 0.15) is 137 Å². The topological polar surface area (TPSA) is 9.72 Å². The summed E-state index contributed by atoms with van der Waals surface area (Å²) in [4.78, 5) is 7.65. The molecule has 0 bridgehead atoms. The Hall–Kier alpha value is -6.04. The fourth-order valence-corrected chi connectivity index (χ4v) is 11.9. The van der Waals surface area contributed by atoms with E-state index in [9.17, 15) is 0 Å². The molecule has 7 aromatic carbocycles. The van der Waals surface area contributed by atoms with Crippen LogP contribution in [0.5, 0.6) is 0 Å². The maximum Gasteiger partial charge on any atom is 0.264 e. The van der Waals surface area contributed by atoms with Gasteiger partial charge in [-0.1, -0.05) is 165 Å². The molecule has 1 aromatic heterocycles. The largest absolute Gasteiger partial charge is 0.311 e. The van der Waals surface area contributed by atoms with Crippen molar-refractivity contribution in [1.29, 1.82) is 0 Å². The first-order valence-electron chi connectivity index (χ1n) is 25.5. The zero-order valence-corrected chi connectivity index (χ0v) is 45.5. The van der Waals surface area contributed by atoms with Crippen molar-refractivity contribution in [2.75, 3.05) is 14.7 Å². The molecule has 0 spiro atoms. The van der Waals surface area contributed by atoms with E-state index >= 15 is 0 Å². The number of rotatable bonds is 5. The van der Waals surface area contributed by atoms with Crippen molar-refractivity contribution in [3.05, 3.63) is 179 Å². The van der Waals surface area contributed by atoms with Crippen LogP contribution >= 0.6 is 11.3 Å². The zero-order chi connectivity index (χ0) is 50.0. The highest BCUT2D eigenvalue weighted by atomic mass is 32.1. The van der Waals surface area contributed by atoms with E-state index in [1.807, 2.05) is 11.3 Å². The number of hydrogen-bond donors (Lipinski definition) is 0. The standard InChI is InChI=1S/C65H72BN3S/c1-41-37-55-58-56(38-41)69(50-32-23-45(24-33-50)64(11,12)13)59-52-39-46(65(14,15)16)25-36-57(52)70-60(59)66(58)53-35-34-51(40-54(53)68(55)49-30-21-44(22-31-49)63(8,9)10)67(47-26-17-42(18-27-47)61(2,3)4)48-28-19-43(20-29-48)62(5,6)7/h17-40H,1-16H3. The van der Waals surface area contributed by atoms with Crippen molar-refractivity contribution < 1.29 is 0 Å². The summed E-state index contributed by atoms with van der Waals surface area (Å²) in [6, 6.07) is 56.7. The highest BCUT2D eigenvalue weighted by Crippen LogP contribution is 2.50. The van der Waals surface area contributed by atoms with E-state index in [-0.39, 0.29) is 33.8 Å². The number of fused-ring (bicyclic) bond motifs is 6. The summed E-state index contributed by atoms with van der Waals surface area (Å²) in [6.45, 7) is 36.9. The molecule has 3 heterocycles. The number of hydrogen-bond acceptors (Lipinski definition) is 4. The molecule has 0 saturated carbocycles. The van der Waals surface area contributed by atoms with Crippen LogP contribution < -0.4 is 30.4 Å². The molecule has 0 amide bonds. The van der Waals surface area contributed by atoms with Gasteiger partial charge in [0.1, 0.15) is 0 Å². The van der Waals surface area contributed by atoms with Gasteiger partial charge in [-0.2, -0.15) is 0 Å². The molecule has 0 saturated heterocycles. The van der Waals surface area contributed by atoms with Crippen LogP contribution in [0.3, 0.4) is 0 Å². The molecule has 356 valence electrons. The lowest BCUT2D eigenvalue weighted by Crippen LogP contribution is -2.60. The lowest BCUT2D eigenvalue weighted by Gasteiger charge is -2.44. The lowest BCUT2D eigenvalue weighted by atomic mass is 9.36. The van der Waals surface area contributed by atoms with Crippen molar-refractivity contribution in [2.24, 2.45) is 0 Å². The monoisotopic (exact) mass is 938 g/mol. The third kappa shape index (κ3) is 8.36. The van der Waals surface area contributed by atoms with Gasteiger partial charge >= 0.3 is 0 Å². The molecule has 2 aliphatic rings. The number of thiophene rings is 1. The van der Waals surface area contributed by atoms with Gasteiger partial charge in [0.2, 0.25) is 0 Å². The minimum atomic E-state index is 0.00140. The molecule has 8 aromatic rings. The van der Waals surface area contributed by atoms with E-state index in [4.69, 9.17) is 0 Å². The molecule has 2 aliphatic heterocycles. The molecule has 0 radical (unpaired) electrons. The first-order chi connectivity index (χ1) is 32.8. The Morgan fingerprint density at radius 3 is 1.26 bits per heavy atom. The first-order valence-corrected chi connectivity index (χ1v) is 26.3. The molecule has 10 rings (SSSR count). The minimum absolute atomic E-state index is 0.00140. The Labute approximate surface area is 424 Å². The Kier molecular flexibility index (Phi) is 11.2. The third-order valence-electron chi connectivity index (χ3n) is 14.9. The van der Waals surface area contributed by atoms with Crippen LogP contribution in [-0.4, -0.2) is 6.71 Å². The van der Waals surface area contributed by atoms with E-state index in [2.05, 4.69) is 271 Å². The van der Waals surface area contributed by atoms with Crippen LogP contribution in [0, 0.1) is 6.92 Å². The van der Waals surface area contributed by atoms with Gasteiger partial charge in [-0.15, -0.1) is 11.3 Å². The molecule has 0 aliphatic carbocycles. The smallest absolute Gasteiger partial charge is 0.264 e. The number of anilines is 9. The van der Waals surface area contributed by atoms with E-state index in [0.29, 0.717) is 0 Å². The minimum Gasteiger partial charge on any atom is -0.311 e. The predicted octanol–water partition coefficient (Wildman–Crippen LogP) is 17.2. The quantitative estimate of drug-likeness (QED) is 0.159. The van der Waals surface area contributed by atoms with Gasteiger partial charge in [-0.3, -0.25) is 0 Å². The summed E-state index contributed by atoms with van der Waals surface area (Å²) in [7, 11) is 0. The molecule has 3 nitrogen and oxygen atoms in total. The van der Waals surface area contributed by atoms with Crippen molar-refractivity contribution in [3.63, 3.8) is 0 Å². The van der Waals surface area contributed by atoms with E-state index in [1.54, 1.807) is 0 Å². The molecular weight excluding hydrogens is 866 g/mol. The van der Waals surface area contributed by atoms with Crippen molar-refractivity contribution in [3.8, 4) is 0 Å². The summed E-state index contributed by atoms with van der Waals surface area (Å²) in [5, 5.41) is 1.32. The second-order valence-electron chi connectivity index (χ2n) is 25.4. The molecule has 0 N–H and O–H groups in total. The van der Waals surface area contributed by atoms with Gasteiger partial charge in [0.15, 0.2) is 0 Å². The first kappa shape index (κ1) is 47.6. The molecular formula is C65H72BN3S. The predicted molar refractivity (Wildman–Crippen MR) is 309 cm³/mol. The lowest BCUT2D eigenvalue weighted by molar-refractivity contribution is 0.590. The molecule has 70 heavy (non-hydrogen) atoms. The molecule has 0 atom stereocenters. The fraction of sp³-hybridized carbons (Fsp3) is 0.323. The van der Waals surface area contributed by atoms with E-state index < -0.39 is 0 Å². The molecule has 5 heteroatoms. The van der Waals surface area contributed by atoms with E-state index in [0.717, 1.165) is 22.7 Å². The van der Waals surface area contributed by atoms with Crippen molar-refractivity contribution >= 4 is 95.0 Å². The van der Waals surface area contributed by atoms with Gasteiger partial charge < -0.3 is 14.7 Å². The van der Waals surface area contributed by atoms with Crippen molar-refractivity contribution in [1.82, 2.24) is 0 Å². The summed E-state index contributed by atoms with van der Waals surface area (Å²) in [5.74, 6) is 0. The average molecular weight is 938 g/mol. The average Bonchev–Trinajstić information content (AvgIpc) is 3.66. The number of benzene rings is 7. The summed E-state index contributed by atoms with van der Waals surface area (Å²) < 4.78 is 2.71. The second-order valence-corrected chi connectivity index (χ2v) is 26.4. The molecule has 0 fully saturated rings. The van der Waals surface area contributed by atoms with Crippen LogP contribution in [0.25, 0.3) is 10.1 Å². The maximum atomic E-state index is 2.61. The maximum absolute atomic E-state index is 2.61. The van der Waals surface area contributed by atoms with Gasteiger partial charge in [-0.05, 0) is 163 Å². The van der Waals surface area contributed by atoms with Gasteiger partial charge in [-0.25, -0.2) is 0 Å². The highest BCUT2D eigenvalue weighted by molar-refractivity contribution is 7.33. The fourth-order valence-electron chi connectivity index (χ4n) is 10.6. The third-order valence-corrected chi connectivity index (χ3v) is 16.1.